The fraction of sp³-hybridized carbons (Fsp3) is 1.00. The fourth-order valence-corrected chi connectivity index (χ4v) is 2.41. The van der Waals surface area contributed by atoms with Gasteiger partial charge in [0.05, 0.1) is 0 Å². The van der Waals surface area contributed by atoms with Crippen molar-refractivity contribution in [3.8, 4) is 0 Å². The van der Waals surface area contributed by atoms with E-state index in [0.717, 1.165) is 25.7 Å². The predicted molar refractivity (Wildman–Crippen MR) is 62.9 cm³/mol. The minimum Gasteiger partial charge on any atom is -0.746 e. The first-order chi connectivity index (χ1) is 7.37. The molecule has 6 heteroatoms. The van der Waals surface area contributed by atoms with Gasteiger partial charge in [0.15, 0.2) is 4.93 Å². The smallest absolute Gasteiger partial charge is 0.746 e. The third-order valence-electron chi connectivity index (χ3n) is 2.94. The number of rotatable bonds is 9. The van der Waals surface area contributed by atoms with E-state index in [1.165, 1.54) is 13.3 Å². The van der Waals surface area contributed by atoms with Crippen LogP contribution in [0.3, 0.4) is 0 Å². The Morgan fingerprint density at radius 3 is 1.94 bits per heavy atom. The van der Waals surface area contributed by atoms with Crippen LogP contribution in [0.4, 0.5) is 0 Å². The summed E-state index contributed by atoms with van der Waals surface area (Å²) in [4.78, 5) is -2.06. The van der Waals surface area contributed by atoms with Crippen LogP contribution in [0.25, 0.3) is 0 Å². The maximum absolute atomic E-state index is 10.8. The van der Waals surface area contributed by atoms with Gasteiger partial charge in [0.1, 0.15) is 10.1 Å². The average molecular weight is 290 g/mol. The first-order valence-electron chi connectivity index (χ1n) is 6.05. The summed E-state index contributed by atoms with van der Waals surface area (Å²) in [6, 6.07) is 0. The molecule has 17 heavy (non-hydrogen) atoms. The summed E-state index contributed by atoms with van der Waals surface area (Å²) in [6.45, 7) is 3.65. The normalized spacial score (nSPS) is 15.1. The van der Waals surface area contributed by atoms with E-state index in [1.807, 2.05) is 0 Å². The van der Waals surface area contributed by atoms with Gasteiger partial charge in [0, 0.05) is 0 Å². The fourth-order valence-electron chi connectivity index (χ4n) is 1.66. The summed E-state index contributed by atoms with van der Waals surface area (Å²) >= 11 is 0. The van der Waals surface area contributed by atoms with Crippen LogP contribution in [0.5, 0.6) is 0 Å². The molecule has 0 radical (unpaired) electrons. The minimum atomic E-state index is -4.61. The molecule has 0 fully saturated rings. The topological polar surface area (TPSA) is 77.4 Å². The second-order valence-corrected chi connectivity index (χ2v) is 5.94. The van der Waals surface area contributed by atoms with Gasteiger partial charge in [0.2, 0.25) is 0 Å². The molecule has 0 bridgehead atoms. The molecule has 0 aliphatic rings. The van der Waals surface area contributed by atoms with Crippen LogP contribution in [-0.4, -0.2) is 23.0 Å². The van der Waals surface area contributed by atoms with Gasteiger partial charge in [-0.15, -0.1) is 0 Å². The summed E-state index contributed by atoms with van der Waals surface area (Å²) in [5.74, 6) is 0. The third-order valence-corrected chi connectivity index (χ3v) is 4.36. The van der Waals surface area contributed by atoms with Crippen molar-refractivity contribution in [2.75, 3.05) is 0 Å². The molecule has 98 valence electrons. The van der Waals surface area contributed by atoms with Gasteiger partial charge in [-0.25, -0.2) is 8.42 Å². The Hall–Kier alpha value is 1.51. The molecule has 0 saturated heterocycles. The number of aliphatic hydroxyl groups is 1. The van der Waals surface area contributed by atoms with Crippen molar-refractivity contribution in [3.05, 3.63) is 0 Å². The zero-order valence-electron chi connectivity index (χ0n) is 11.2. The van der Waals surface area contributed by atoms with Crippen LogP contribution < -0.4 is 51.4 Å². The molecule has 0 saturated carbocycles. The molecule has 0 aliphatic heterocycles. The summed E-state index contributed by atoms with van der Waals surface area (Å²) in [7, 11) is -4.61. The first-order valence-corrected chi connectivity index (χ1v) is 7.46. The van der Waals surface area contributed by atoms with Crippen molar-refractivity contribution < 1.29 is 69.5 Å². The van der Waals surface area contributed by atoms with Crippen molar-refractivity contribution in [2.45, 2.75) is 70.1 Å². The standard InChI is InChI=1S/C11H24O4S.K/c1-3-5-6-7-8-9-10-11(12,4-2)16(13,14)15;/h12H,3-10H2,1-2H3,(H,13,14,15);/q;+1/p-1. The van der Waals surface area contributed by atoms with E-state index in [2.05, 4.69) is 6.92 Å². The number of hydrogen-bond acceptors (Lipinski definition) is 4. The molecule has 0 heterocycles. The van der Waals surface area contributed by atoms with Crippen molar-refractivity contribution in [1.82, 2.24) is 0 Å². The Labute approximate surface area is 148 Å². The Bertz CT molecular complexity index is 279. The van der Waals surface area contributed by atoms with E-state index in [0.29, 0.717) is 6.42 Å². The van der Waals surface area contributed by atoms with Gasteiger partial charge in [-0.3, -0.25) is 0 Å². The van der Waals surface area contributed by atoms with Gasteiger partial charge in [-0.2, -0.15) is 0 Å². The zero-order valence-corrected chi connectivity index (χ0v) is 15.2. The molecule has 1 atom stereocenters. The van der Waals surface area contributed by atoms with Crippen LogP contribution in [0.2, 0.25) is 0 Å². The van der Waals surface area contributed by atoms with Crippen LogP contribution in [0.1, 0.15) is 65.2 Å². The maximum Gasteiger partial charge on any atom is 1.00 e. The Morgan fingerprint density at radius 2 is 1.53 bits per heavy atom. The van der Waals surface area contributed by atoms with E-state index < -0.39 is 15.1 Å². The maximum atomic E-state index is 10.8. The second kappa shape index (κ2) is 10.3. The monoisotopic (exact) mass is 290 g/mol. The van der Waals surface area contributed by atoms with Crippen molar-refractivity contribution >= 4 is 10.1 Å². The molecule has 1 N–H and O–H groups in total. The average Bonchev–Trinajstić information content (AvgIpc) is 2.21. The Morgan fingerprint density at radius 1 is 1.06 bits per heavy atom. The molecule has 4 nitrogen and oxygen atoms in total. The van der Waals surface area contributed by atoms with E-state index in [1.54, 1.807) is 0 Å². The first kappa shape index (κ1) is 20.8. The number of hydrogen-bond donors (Lipinski definition) is 1. The van der Waals surface area contributed by atoms with Gasteiger partial charge < -0.3 is 9.66 Å². The van der Waals surface area contributed by atoms with E-state index >= 15 is 0 Å². The molecule has 0 aliphatic carbocycles. The van der Waals surface area contributed by atoms with Crippen LogP contribution >= 0.6 is 0 Å². The Balaban J connectivity index is 0. The summed E-state index contributed by atoms with van der Waals surface area (Å²) in [5.41, 5.74) is 0. The molecule has 0 spiro atoms. The molecule has 0 rings (SSSR count). The molecular formula is C11H23KO4S. The minimum absolute atomic E-state index is 0. The SMILES string of the molecule is CCCCCCCCC(O)(CC)S(=O)(=O)[O-].[K+]. The van der Waals surface area contributed by atoms with Gasteiger partial charge in [-0.1, -0.05) is 46.0 Å². The van der Waals surface area contributed by atoms with E-state index in [4.69, 9.17) is 0 Å². The molecular weight excluding hydrogens is 267 g/mol. The van der Waals surface area contributed by atoms with Crippen molar-refractivity contribution in [3.63, 3.8) is 0 Å². The second-order valence-electron chi connectivity index (χ2n) is 4.27. The van der Waals surface area contributed by atoms with Crippen molar-refractivity contribution in [1.29, 1.82) is 0 Å². The van der Waals surface area contributed by atoms with Crippen LogP contribution in [-0.2, 0) is 10.1 Å². The summed E-state index contributed by atoms with van der Waals surface area (Å²) < 4.78 is 32.5. The van der Waals surface area contributed by atoms with Crippen LogP contribution in [0.15, 0.2) is 0 Å². The zero-order chi connectivity index (χ0) is 12.7. The van der Waals surface area contributed by atoms with Gasteiger partial charge in [-0.05, 0) is 19.3 Å². The molecule has 0 aromatic carbocycles. The predicted octanol–water partition coefficient (Wildman–Crippen LogP) is -0.615. The largest absolute Gasteiger partial charge is 1.00 e. The van der Waals surface area contributed by atoms with Crippen LogP contribution in [0, 0.1) is 0 Å². The molecule has 1 unspecified atom stereocenters. The molecule has 0 aromatic rings. The Kier molecular flexibility index (Phi) is 12.6. The van der Waals surface area contributed by atoms with Gasteiger partial charge in [0.25, 0.3) is 0 Å². The van der Waals surface area contributed by atoms with Crippen molar-refractivity contribution in [2.24, 2.45) is 0 Å². The quantitative estimate of drug-likeness (QED) is 0.349. The van der Waals surface area contributed by atoms with Gasteiger partial charge >= 0.3 is 51.4 Å². The molecule has 0 amide bonds. The summed E-state index contributed by atoms with van der Waals surface area (Å²) in [6.07, 6.45) is 5.99. The van der Waals surface area contributed by atoms with E-state index in [-0.39, 0.29) is 64.2 Å². The molecule has 0 aromatic heterocycles. The van der Waals surface area contributed by atoms with E-state index in [9.17, 15) is 18.1 Å². The third kappa shape index (κ3) is 8.31. The summed E-state index contributed by atoms with van der Waals surface area (Å²) in [5, 5.41) is 9.66. The number of unbranched alkanes of at least 4 members (excludes halogenated alkanes) is 5.